The Kier molecular flexibility index (Phi) is 1.95. The topological polar surface area (TPSA) is 70.4 Å². The molecule has 2 N–H and O–H groups in total. The number of carboxylic acids is 1. The summed E-state index contributed by atoms with van der Waals surface area (Å²) in [6.45, 7) is 1.56. The third-order valence-electron chi connectivity index (χ3n) is 2.76. The first kappa shape index (κ1) is 10.7. The van der Waals surface area contributed by atoms with Crippen LogP contribution < -0.4 is 0 Å². The predicted molar refractivity (Wildman–Crippen MR) is 58.7 cm³/mol. The molecular formula is C11H7F2N3O2. The molecule has 0 unspecified atom stereocenters. The summed E-state index contributed by atoms with van der Waals surface area (Å²) in [5, 5.41) is 9.11. The van der Waals surface area contributed by atoms with Gasteiger partial charge in [-0.1, -0.05) is 0 Å². The van der Waals surface area contributed by atoms with Gasteiger partial charge < -0.3 is 10.1 Å². The Hall–Kier alpha value is -2.44. The summed E-state index contributed by atoms with van der Waals surface area (Å²) in [5.74, 6) is -2.62. The molecule has 0 aliphatic carbocycles. The average molecular weight is 251 g/mol. The summed E-state index contributed by atoms with van der Waals surface area (Å²) in [7, 11) is 0. The van der Waals surface area contributed by atoms with Crippen molar-refractivity contribution in [2.45, 2.75) is 6.92 Å². The molecule has 3 aromatic rings. The van der Waals surface area contributed by atoms with Gasteiger partial charge in [0.1, 0.15) is 11.3 Å². The third-order valence-corrected chi connectivity index (χ3v) is 2.76. The molecule has 0 fully saturated rings. The summed E-state index contributed by atoms with van der Waals surface area (Å²) in [4.78, 5) is 17.8. The van der Waals surface area contributed by atoms with Crippen LogP contribution in [-0.2, 0) is 0 Å². The van der Waals surface area contributed by atoms with Crippen molar-refractivity contribution in [2.75, 3.05) is 0 Å². The zero-order valence-corrected chi connectivity index (χ0v) is 9.16. The van der Waals surface area contributed by atoms with Gasteiger partial charge >= 0.3 is 5.97 Å². The maximum atomic E-state index is 13.5. The van der Waals surface area contributed by atoms with Crippen LogP contribution in [0.25, 0.3) is 16.8 Å². The van der Waals surface area contributed by atoms with Crippen LogP contribution in [0.2, 0.25) is 0 Å². The van der Waals surface area contributed by atoms with E-state index in [1.54, 1.807) is 6.92 Å². The van der Waals surface area contributed by atoms with E-state index in [4.69, 9.17) is 5.11 Å². The molecule has 0 saturated carbocycles. The molecule has 92 valence electrons. The molecule has 3 rings (SSSR count). The maximum absolute atomic E-state index is 13.5. The minimum Gasteiger partial charge on any atom is -0.477 e. The number of aromatic carboxylic acids is 1. The predicted octanol–water partition coefficient (Wildman–Crippen LogP) is 2.10. The number of carbonyl (C=O) groups is 1. The Morgan fingerprint density at radius 3 is 2.83 bits per heavy atom. The first-order chi connectivity index (χ1) is 8.49. The van der Waals surface area contributed by atoms with E-state index in [-0.39, 0.29) is 22.5 Å². The number of H-pyrrole nitrogens is 1. The normalized spacial score (nSPS) is 11.5. The number of carboxylic acid groups (broad SMARTS) is 1. The summed E-state index contributed by atoms with van der Waals surface area (Å²) in [5.41, 5.74) is 0.309. The highest BCUT2D eigenvalue weighted by molar-refractivity contribution is 5.92. The molecular weight excluding hydrogens is 244 g/mol. The number of aromatic nitrogens is 3. The average Bonchev–Trinajstić information content (AvgIpc) is 2.73. The van der Waals surface area contributed by atoms with Crippen molar-refractivity contribution in [1.82, 2.24) is 14.4 Å². The number of halogens is 2. The molecule has 0 amide bonds. The number of hydrogen-bond acceptors (Lipinski definition) is 2. The van der Waals surface area contributed by atoms with Crippen LogP contribution in [0.5, 0.6) is 0 Å². The molecule has 2 aromatic heterocycles. The smallest absolute Gasteiger partial charge is 0.354 e. The molecule has 0 radical (unpaired) electrons. The fourth-order valence-electron chi connectivity index (χ4n) is 2.06. The van der Waals surface area contributed by atoms with Gasteiger partial charge in [-0.25, -0.2) is 18.6 Å². The molecule has 2 heterocycles. The fourth-order valence-corrected chi connectivity index (χ4v) is 2.06. The van der Waals surface area contributed by atoms with Crippen LogP contribution in [0.15, 0.2) is 12.1 Å². The lowest BCUT2D eigenvalue weighted by molar-refractivity contribution is 0.0689. The first-order valence-electron chi connectivity index (χ1n) is 5.08. The molecule has 7 heteroatoms. The van der Waals surface area contributed by atoms with Crippen molar-refractivity contribution in [3.8, 4) is 0 Å². The standard InChI is InChI=1S/C11H7F2N3O2/c1-4-9(10(17)18)16-7-3-5(12)2-6(13)8(7)15-11(16)14-4/h2-3H,1H3,(H,14,15)(H,17,18). The number of aromatic amines is 1. The van der Waals surface area contributed by atoms with E-state index in [9.17, 15) is 13.6 Å². The summed E-state index contributed by atoms with van der Waals surface area (Å²) >= 11 is 0. The van der Waals surface area contributed by atoms with Gasteiger partial charge in [-0.05, 0) is 6.92 Å². The number of fused-ring (bicyclic) bond motifs is 3. The Balaban J connectivity index is 2.57. The largest absolute Gasteiger partial charge is 0.477 e. The molecule has 0 bridgehead atoms. The van der Waals surface area contributed by atoms with Gasteiger partial charge in [0.25, 0.3) is 0 Å². The summed E-state index contributed by atoms with van der Waals surface area (Å²) < 4.78 is 27.9. The first-order valence-corrected chi connectivity index (χ1v) is 5.08. The van der Waals surface area contributed by atoms with E-state index in [1.165, 1.54) is 4.40 Å². The van der Waals surface area contributed by atoms with Crippen LogP contribution in [0.3, 0.4) is 0 Å². The quantitative estimate of drug-likeness (QED) is 0.695. The highest BCUT2D eigenvalue weighted by atomic mass is 19.1. The van der Waals surface area contributed by atoms with E-state index < -0.39 is 17.6 Å². The monoisotopic (exact) mass is 251 g/mol. The third kappa shape index (κ3) is 1.24. The Bertz CT molecular complexity index is 804. The summed E-state index contributed by atoms with van der Waals surface area (Å²) in [6, 6.07) is 1.76. The van der Waals surface area contributed by atoms with E-state index in [2.05, 4.69) is 9.97 Å². The molecule has 0 aliphatic heterocycles. The lowest BCUT2D eigenvalue weighted by Gasteiger charge is -1.97. The number of rotatable bonds is 1. The minimum absolute atomic E-state index is 0.0647. The van der Waals surface area contributed by atoms with Crippen molar-refractivity contribution in [2.24, 2.45) is 0 Å². The van der Waals surface area contributed by atoms with Crippen LogP contribution in [-0.4, -0.2) is 25.4 Å². The van der Waals surface area contributed by atoms with Gasteiger partial charge in [-0.3, -0.25) is 4.40 Å². The second kappa shape index (κ2) is 3.28. The second-order valence-electron chi connectivity index (χ2n) is 3.93. The lowest BCUT2D eigenvalue weighted by atomic mass is 10.3. The molecule has 5 nitrogen and oxygen atoms in total. The second-order valence-corrected chi connectivity index (χ2v) is 3.93. The number of nitrogens with one attached hydrogen (secondary N) is 1. The number of benzene rings is 1. The Morgan fingerprint density at radius 1 is 1.44 bits per heavy atom. The molecule has 0 saturated heterocycles. The minimum atomic E-state index is -1.19. The highest BCUT2D eigenvalue weighted by Crippen LogP contribution is 2.23. The van der Waals surface area contributed by atoms with Crippen molar-refractivity contribution in [1.29, 1.82) is 0 Å². The summed E-state index contributed by atoms with van der Waals surface area (Å²) in [6.07, 6.45) is 0. The van der Waals surface area contributed by atoms with Gasteiger partial charge in [0.15, 0.2) is 11.5 Å². The molecule has 0 aliphatic rings. The van der Waals surface area contributed by atoms with Gasteiger partial charge in [-0.15, -0.1) is 0 Å². The van der Waals surface area contributed by atoms with E-state index >= 15 is 0 Å². The molecule has 18 heavy (non-hydrogen) atoms. The number of imidazole rings is 2. The Labute approximate surface area is 98.7 Å². The van der Waals surface area contributed by atoms with E-state index in [0.29, 0.717) is 11.8 Å². The zero-order chi connectivity index (χ0) is 13.0. The van der Waals surface area contributed by atoms with Crippen LogP contribution in [0.4, 0.5) is 8.78 Å². The van der Waals surface area contributed by atoms with E-state index in [1.807, 2.05) is 0 Å². The van der Waals surface area contributed by atoms with Crippen LogP contribution in [0, 0.1) is 18.6 Å². The van der Waals surface area contributed by atoms with Crippen molar-refractivity contribution < 1.29 is 18.7 Å². The number of nitrogens with zero attached hydrogens (tertiary/aromatic N) is 2. The SMILES string of the molecule is Cc1[nH]c2nc3c(F)cc(F)cc3n2c1C(=O)O. The van der Waals surface area contributed by atoms with Crippen LogP contribution >= 0.6 is 0 Å². The van der Waals surface area contributed by atoms with Crippen molar-refractivity contribution >= 4 is 22.8 Å². The Morgan fingerprint density at radius 2 is 2.17 bits per heavy atom. The molecule has 0 spiro atoms. The van der Waals surface area contributed by atoms with Gasteiger partial charge in [0.05, 0.1) is 5.52 Å². The van der Waals surface area contributed by atoms with Gasteiger partial charge in [0.2, 0.25) is 5.78 Å². The van der Waals surface area contributed by atoms with Crippen molar-refractivity contribution in [3.05, 3.63) is 35.2 Å². The van der Waals surface area contributed by atoms with Crippen LogP contribution in [0.1, 0.15) is 16.2 Å². The van der Waals surface area contributed by atoms with Gasteiger partial charge in [0, 0.05) is 17.8 Å². The number of hydrogen-bond donors (Lipinski definition) is 2. The fraction of sp³-hybridized carbons (Fsp3) is 0.0909. The highest BCUT2D eigenvalue weighted by Gasteiger charge is 2.20. The lowest BCUT2D eigenvalue weighted by Crippen LogP contribution is -2.03. The molecule has 0 atom stereocenters. The van der Waals surface area contributed by atoms with Crippen molar-refractivity contribution in [3.63, 3.8) is 0 Å². The molecule has 1 aromatic carbocycles. The zero-order valence-electron chi connectivity index (χ0n) is 9.16. The van der Waals surface area contributed by atoms with E-state index in [0.717, 1.165) is 6.07 Å². The van der Waals surface area contributed by atoms with Gasteiger partial charge in [-0.2, -0.15) is 0 Å². The number of aryl methyl sites for hydroxylation is 1. The maximum Gasteiger partial charge on any atom is 0.354 e.